The van der Waals surface area contributed by atoms with Crippen LogP contribution in [0.15, 0.2) is 68.9 Å². The summed E-state index contributed by atoms with van der Waals surface area (Å²) in [5, 5.41) is 3.22. The highest BCUT2D eigenvalue weighted by Gasteiger charge is 2.31. The van der Waals surface area contributed by atoms with Gasteiger partial charge in [0.15, 0.2) is 5.17 Å². The van der Waals surface area contributed by atoms with Crippen molar-refractivity contribution in [3.05, 3.63) is 80.9 Å². The molecule has 0 unspecified atom stereocenters. The Labute approximate surface area is 188 Å². The molecule has 0 spiro atoms. The lowest BCUT2D eigenvalue weighted by Crippen LogP contribution is -2.19. The van der Waals surface area contributed by atoms with E-state index in [-0.39, 0.29) is 20.8 Å². The third kappa shape index (κ3) is 4.98. The smallest absolute Gasteiger partial charge is 0.416 e. The average Bonchev–Trinajstić information content (AvgIpc) is 3.30. The van der Waals surface area contributed by atoms with Crippen LogP contribution in [0.3, 0.4) is 0 Å². The molecular weight excluding hydrogens is 472 g/mol. The highest BCUT2D eigenvalue weighted by Crippen LogP contribution is 2.37. The number of alkyl halides is 3. The maximum absolute atomic E-state index is 12.9. The Balaban J connectivity index is 1.57. The molecule has 0 atom stereocenters. The molecule has 2 aromatic carbocycles. The van der Waals surface area contributed by atoms with Gasteiger partial charge in [0.1, 0.15) is 11.5 Å². The predicted molar refractivity (Wildman–Crippen MR) is 116 cm³/mol. The van der Waals surface area contributed by atoms with E-state index in [4.69, 9.17) is 27.6 Å². The van der Waals surface area contributed by atoms with Gasteiger partial charge in [-0.05, 0) is 54.2 Å². The standard InChI is InChI=1S/C21H11Cl2F3N2O2S/c22-13-3-1-2-11(8-13)17-7-5-14(30-17)10-18-19(29)28-20(31-18)27-16-9-12(21(24,25)26)4-6-15(16)23/h1-10H,(H,27,28,29)/b18-10+. The van der Waals surface area contributed by atoms with E-state index in [0.29, 0.717) is 16.5 Å². The van der Waals surface area contributed by atoms with Crippen LogP contribution in [-0.2, 0) is 11.0 Å². The summed E-state index contributed by atoms with van der Waals surface area (Å²) in [7, 11) is 0. The fraction of sp³-hybridized carbons (Fsp3) is 0.0476. The summed E-state index contributed by atoms with van der Waals surface area (Å²) in [6, 6.07) is 13.4. The van der Waals surface area contributed by atoms with Gasteiger partial charge in [-0.15, -0.1) is 0 Å². The molecule has 4 nitrogen and oxygen atoms in total. The fourth-order valence-electron chi connectivity index (χ4n) is 2.72. The second-order valence-electron chi connectivity index (χ2n) is 6.36. The van der Waals surface area contributed by atoms with Crippen molar-refractivity contribution >= 4 is 57.8 Å². The number of carbonyl (C=O) groups excluding carboxylic acids is 1. The van der Waals surface area contributed by atoms with Crippen molar-refractivity contribution in [1.82, 2.24) is 5.32 Å². The Hall–Kier alpha value is -2.68. The molecule has 158 valence electrons. The zero-order chi connectivity index (χ0) is 22.2. The van der Waals surface area contributed by atoms with Gasteiger partial charge in [-0.2, -0.15) is 13.2 Å². The van der Waals surface area contributed by atoms with Crippen molar-refractivity contribution < 1.29 is 22.4 Å². The minimum absolute atomic E-state index is 0.0324. The van der Waals surface area contributed by atoms with Gasteiger partial charge in [-0.25, -0.2) is 4.99 Å². The third-order valence-electron chi connectivity index (χ3n) is 4.16. The summed E-state index contributed by atoms with van der Waals surface area (Å²) in [6.07, 6.45) is -3.01. The Kier molecular flexibility index (Phi) is 5.88. The van der Waals surface area contributed by atoms with Crippen molar-refractivity contribution in [1.29, 1.82) is 0 Å². The average molecular weight is 483 g/mol. The number of halogens is 5. The molecule has 10 heteroatoms. The SMILES string of the molecule is O=C1NC(=Nc2cc(C(F)(F)F)ccc2Cl)S/C1=C/c1ccc(-c2cccc(Cl)c2)o1. The summed E-state index contributed by atoms with van der Waals surface area (Å²) in [4.78, 5) is 16.6. The van der Waals surface area contributed by atoms with Crippen molar-refractivity contribution in [2.24, 2.45) is 4.99 Å². The Morgan fingerprint density at radius 1 is 1.06 bits per heavy atom. The monoisotopic (exact) mass is 482 g/mol. The van der Waals surface area contributed by atoms with E-state index in [9.17, 15) is 18.0 Å². The van der Waals surface area contributed by atoms with Crippen molar-refractivity contribution in [3.8, 4) is 11.3 Å². The van der Waals surface area contributed by atoms with Crippen LogP contribution in [0.4, 0.5) is 18.9 Å². The second kappa shape index (κ2) is 8.45. The molecule has 3 aromatic rings. The van der Waals surface area contributed by atoms with Crippen molar-refractivity contribution in [3.63, 3.8) is 0 Å². The number of amidine groups is 1. The summed E-state index contributed by atoms with van der Waals surface area (Å²) in [5.41, 5.74) is -0.200. The molecule has 1 aliphatic heterocycles. The number of thioether (sulfide) groups is 1. The maximum Gasteiger partial charge on any atom is 0.416 e. The zero-order valence-electron chi connectivity index (χ0n) is 15.3. The molecule has 4 rings (SSSR count). The van der Waals surface area contributed by atoms with Crippen LogP contribution < -0.4 is 5.32 Å². The number of benzene rings is 2. The summed E-state index contributed by atoms with van der Waals surface area (Å²) >= 11 is 12.9. The molecule has 31 heavy (non-hydrogen) atoms. The number of carbonyl (C=O) groups is 1. The van der Waals surface area contributed by atoms with Gasteiger partial charge in [0.05, 0.1) is 21.2 Å². The zero-order valence-corrected chi connectivity index (χ0v) is 17.7. The lowest BCUT2D eigenvalue weighted by Gasteiger charge is -2.08. The molecular formula is C21H11Cl2F3N2O2S. The number of aliphatic imine (C=N–C) groups is 1. The number of rotatable bonds is 3. The molecule has 0 saturated carbocycles. The summed E-state index contributed by atoms with van der Waals surface area (Å²) < 4.78 is 44.5. The first kappa shape index (κ1) is 21.5. The number of hydrogen-bond acceptors (Lipinski definition) is 4. The number of furan rings is 1. The van der Waals surface area contributed by atoms with Gasteiger partial charge < -0.3 is 9.73 Å². The van der Waals surface area contributed by atoms with Gasteiger partial charge in [0, 0.05) is 16.7 Å². The van der Waals surface area contributed by atoms with E-state index >= 15 is 0 Å². The quantitative estimate of drug-likeness (QED) is 0.402. The molecule has 2 heterocycles. The van der Waals surface area contributed by atoms with Crippen LogP contribution in [0.25, 0.3) is 17.4 Å². The van der Waals surface area contributed by atoms with Crippen LogP contribution in [0.1, 0.15) is 11.3 Å². The van der Waals surface area contributed by atoms with Crippen LogP contribution in [-0.4, -0.2) is 11.1 Å². The first-order chi connectivity index (χ1) is 14.7. The Bertz CT molecular complexity index is 1240. The minimum Gasteiger partial charge on any atom is -0.457 e. The van der Waals surface area contributed by atoms with Crippen LogP contribution in [0.5, 0.6) is 0 Å². The van der Waals surface area contributed by atoms with Gasteiger partial charge in [0.25, 0.3) is 5.91 Å². The van der Waals surface area contributed by atoms with Gasteiger partial charge in [-0.3, -0.25) is 4.79 Å². The van der Waals surface area contributed by atoms with E-state index in [0.717, 1.165) is 35.5 Å². The topological polar surface area (TPSA) is 54.6 Å². The first-order valence-corrected chi connectivity index (χ1v) is 10.3. The Morgan fingerprint density at radius 3 is 2.61 bits per heavy atom. The van der Waals surface area contributed by atoms with E-state index in [2.05, 4.69) is 10.3 Å². The first-order valence-electron chi connectivity index (χ1n) is 8.71. The van der Waals surface area contributed by atoms with E-state index < -0.39 is 17.6 Å². The fourth-order valence-corrected chi connectivity index (χ4v) is 3.89. The van der Waals surface area contributed by atoms with E-state index in [1.807, 2.05) is 6.07 Å². The molecule has 1 N–H and O–H groups in total. The number of nitrogens with zero attached hydrogens (tertiary/aromatic N) is 1. The van der Waals surface area contributed by atoms with E-state index in [1.54, 1.807) is 30.3 Å². The normalized spacial score (nSPS) is 16.9. The number of hydrogen-bond donors (Lipinski definition) is 1. The van der Waals surface area contributed by atoms with Gasteiger partial charge >= 0.3 is 6.18 Å². The van der Waals surface area contributed by atoms with E-state index in [1.165, 1.54) is 6.08 Å². The highest BCUT2D eigenvalue weighted by atomic mass is 35.5. The maximum atomic E-state index is 12.9. The minimum atomic E-state index is -4.53. The predicted octanol–water partition coefficient (Wildman–Crippen LogP) is 7.16. The summed E-state index contributed by atoms with van der Waals surface area (Å²) in [6.45, 7) is 0. The van der Waals surface area contributed by atoms with Crippen LogP contribution in [0, 0.1) is 0 Å². The number of nitrogens with one attached hydrogen (secondary N) is 1. The number of amides is 1. The third-order valence-corrected chi connectivity index (χ3v) is 5.62. The van der Waals surface area contributed by atoms with Crippen molar-refractivity contribution in [2.75, 3.05) is 0 Å². The molecule has 0 bridgehead atoms. The molecule has 1 aromatic heterocycles. The van der Waals surface area contributed by atoms with Gasteiger partial charge in [0.2, 0.25) is 0 Å². The second-order valence-corrected chi connectivity index (χ2v) is 8.23. The molecule has 1 amide bonds. The largest absolute Gasteiger partial charge is 0.457 e. The van der Waals surface area contributed by atoms with Crippen LogP contribution in [0.2, 0.25) is 10.0 Å². The molecule has 1 fully saturated rings. The molecule has 0 radical (unpaired) electrons. The van der Waals surface area contributed by atoms with Gasteiger partial charge in [-0.1, -0.05) is 35.3 Å². The highest BCUT2D eigenvalue weighted by molar-refractivity contribution is 8.18. The molecule has 1 saturated heterocycles. The lowest BCUT2D eigenvalue weighted by atomic mass is 10.2. The van der Waals surface area contributed by atoms with Crippen molar-refractivity contribution in [2.45, 2.75) is 6.18 Å². The lowest BCUT2D eigenvalue weighted by molar-refractivity contribution is -0.137. The van der Waals surface area contributed by atoms with Crippen LogP contribution >= 0.6 is 35.0 Å². The summed E-state index contributed by atoms with van der Waals surface area (Å²) in [5.74, 6) is 0.543. The molecule has 0 aliphatic carbocycles. The Morgan fingerprint density at radius 2 is 1.87 bits per heavy atom. The molecule has 1 aliphatic rings.